The van der Waals surface area contributed by atoms with Gasteiger partial charge in [0.25, 0.3) is 11.8 Å². The molecule has 0 radical (unpaired) electrons. The quantitative estimate of drug-likeness (QED) is 0.595. The third-order valence-electron chi connectivity index (χ3n) is 4.25. The van der Waals surface area contributed by atoms with E-state index >= 15 is 0 Å². The van der Waals surface area contributed by atoms with Crippen molar-refractivity contribution < 1.29 is 23.9 Å². The molecule has 0 aliphatic carbocycles. The largest absolute Gasteiger partial charge is 0.493 e. The van der Waals surface area contributed by atoms with Gasteiger partial charge in [0.15, 0.2) is 11.5 Å². The summed E-state index contributed by atoms with van der Waals surface area (Å²) in [4.78, 5) is 38.4. The predicted molar refractivity (Wildman–Crippen MR) is 109 cm³/mol. The zero-order valence-electron chi connectivity index (χ0n) is 16.1. The van der Waals surface area contributed by atoms with Crippen molar-refractivity contribution in [3.8, 4) is 11.5 Å². The minimum absolute atomic E-state index is 0.201. The number of imide groups is 2. The van der Waals surface area contributed by atoms with E-state index in [0.717, 1.165) is 10.5 Å². The summed E-state index contributed by atoms with van der Waals surface area (Å²) >= 11 is 6.26. The molecule has 3 rings (SSSR count). The second-order valence-corrected chi connectivity index (χ2v) is 6.67. The van der Waals surface area contributed by atoms with E-state index in [0.29, 0.717) is 29.4 Å². The number of amides is 4. The molecule has 1 fully saturated rings. The van der Waals surface area contributed by atoms with E-state index < -0.39 is 17.8 Å². The number of nitrogens with one attached hydrogen (secondary N) is 1. The lowest BCUT2D eigenvalue weighted by molar-refractivity contribution is -0.122. The number of halogens is 1. The molecule has 1 heterocycles. The number of hydrogen-bond donors (Lipinski definition) is 1. The fraction of sp³-hybridized carbons (Fsp3) is 0.190. The van der Waals surface area contributed by atoms with Crippen molar-refractivity contribution in [3.63, 3.8) is 0 Å². The average molecular weight is 415 g/mol. The molecule has 1 N–H and O–H groups in total. The summed E-state index contributed by atoms with van der Waals surface area (Å²) in [6.07, 6.45) is 1.36. The lowest BCUT2D eigenvalue weighted by atomic mass is 10.1. The van der Waals surface area contributed by atoms with Gasteiger partial charge in [0.2, 0.25) is 0 Å². The Kier molecular flexibility index (Phi) is 5.89. The monoisotopic (exact) mass is 414 g/mol. The van der Waals surface area contributed by atoms with Gasteiger partial charge in [0, 0.05) is 0 Å². The van der Waals surface area contributed by atoms with E-state index in [-0.39, 0.29) is 10.6 Å². The summed E-state index contributed by atoms with van der Waals surface area (Å²) in [5, 5.41) is 2.46. The SMILES string of the molecule is CCOc1c(Cl)cc(/C=C2/C(=O)NC(=O)N(c3ccc(C)cc3)C2=O)cc1OC. The van der Waals surface area contributed by atoms with E-state index in [9.17, 15) is 14.4 Å². The highest BCUT2D eigenvalue weighted by Crippen LogP contribution is 2.37. The van der Waals surface area contributed by atoms with Crippen LogP contribution in [0.3, 0.4) is 0 Å². The van der Waals surface area contributed by atoms with E-state index in [4.69, 9.17) is 21.1 Å². The summed E-state index contributed by atoms with van der Waals surface area (Å²) < 4.78 is 10.8. The number of methoxy groups -OCH3 is 1. The van der Waals surface area contributed by atoms with Gasteiger partial charge in [-0.1, -0.05) is 29.3 Å². The van der Waals surface area contributed by atoms with Crippen LogP contribution in [0.4, 0.5) is 10.5 Å². The van der Waals surface area contributed by atoms with Gasteiger partial charge in [-0.05, 0) is 49.8 Å². The number of carbonyl (C=O) groups excluding carboxylic acids is 3. The van der Waals surface area contributed by atoms with Gasteiger partial charge < -0.3 is 9.47 Å². The molecule has 2 aromatic carbocycles. The van der Waals surface area contributed by atoms with Crippen LogP contribution in [0.5, 0.6) is 11.5 Å². The molecule has 4 amide bonds. The Bertz CT molecular complexity index is 1010. The molecule has 0 aromatic heterocycles. The molecule has 0 spiro atoms. The summed E-state index contributed by atoms with van der Waals surface area (Å²) in [7, 11) is 1.46. The highest BCUT2D eigenvalue weighted by molar-refractivity contribution is 6.39. The molecule has 29 heavy (non-hydrogen) atoms. The van der Waals surface area contributed by atoms with Gasteiger partial charge in [0.05, 0.1) is 24.4 Å². The van der Waals surface area contributed by atoms with Crippen LogP contribution in [0.25, 0.3) is 6.08 Å². The highest BCUT2D eigenvalue weighted by atomic mass is 35.5. The molecular formula is C21H19ClN2O5. The summed E-state index contributed by atoms with van der Waals surface area (Å²) in [6, 6.07) is 9.16. The van der Waals surface area contributed by atoms with Crippen molar-refractivity contribution >= 4 is 41.2 Å². The van der Waals surface area contributed by atoms with Gasteiger partial charge in [-0.25, -0.2) is 9.69 Å². The number of benzene rings is 2. The third-order valence-corrected chi connectivity index (χ3v) is 4.53. The van der Waals surface area contributed by atoms with Gasteiger partial charge in [-0.2, -0.15) is 0 Å². The molecule has 0 atom stereocenters. The van der Waals surface area contributed by atoms with Crippen molar-refractivity contribution in [2.45, 2.75) is 13.8 Å². The number of carbonyl (C=O) groups is 3. The fourth-order valence-corrected chi connectivity index (χ4v) is 3.13. The first-order valence-corrected chi connectivity index (χ1v) is 9.22. The van der Waals surface area contributed by atoms with Crippen molar-refractivity contribution in [1.82, 2.24) is 5.32 Å². The number of anilines is 1. The maximum Gasteiger partial charge on any atom is 0.335 e. The first-order valence-electron chi connectivity index (χ1n) is 8.84. The number of barbiturate groups is 1. The highest BCUT2D eigenvalue weighted by Gasteiger charge is 2.36. The number of aryl methyl sites for hydroxylation is 1. The molecule has 1 saturated heterocycles. The van der Waals surface area contributed by atoms with Crippen LogP contribution < -0.4 is 19.7 Å². The smallest absolute Gasteiger partial charge is 0.335 e. The fourth-order valence-electron chi connectivity index (χ4n) is 2.86. The second-order valence-electron chi connectivity index (χ2n) is 6.26. The normalized spacial score (nSPS) is 15.5. The summed E-state index contributed by atoms with van der Waals surface area (Å²) in [5.41, 5.74) is 1.58. The summed E-state index contributed by atoms with van der Waals surface area (Å²) in [6.45, 7) is 4.10. The predicted octanol–water partition coefficient (Wildman–Crippen LogP) is 3.72. The lowest BCUT2D eigenvalue weighted by Crippen LogP contribution is -2.54. The number of hydrogen-bond acceptors (Lipinski definition) is 5. The number of ether oxygens (including phenoxy) is 2. The van der Waals surface area contributed by atoms with Crippen LogP contribution in [-0.2, 0) is 9.59 Å². The Morgan fingerprint density at radius 1 is 1.14 bits per heavy atom. The number of nitrogens with zero attached hydrogens (tertiary/aromatic N) is 1. The lowest BCUT2D eigenvalue weighted by Gasteiger charge is -2.26. The topological polar surface area (TPSA) is 84.9 Å². The Hall–Kier alpha value is -3.32. The molecule has 0 bridgehead atoms. The average Bonchev–Trinajstić information content (AvgIpc) is 2.68. The van der Waals surface area contributed by atoms with Gasteiger partial charge in [-0.15, -0.1) is 0 Å². The van der Waals surface area contributed by atoms with Crippen LogP contribution in [0.1, 0.15) is 18.1 Å². The summed E-state index contributed by atoms with van der Waals surface area (Å²) in [5.74, 6) is -0.782. The Morgan fingerprint density at radius 3 is 2.45 bits per heavy atom. The maximum atomic E-state index is 12.9. The molecule has 8 heteroatoms. The van der Waals surface area contributed by atoms with Gasteiger partial charge in [-0.3, -0.25) is 14.9 Å². The Balaban J connectivity index is 2.02. The first-order chi connectivity index (χ1) is 13.8. The molecule has 150 valence electrons. The molecule has 0 saturated carbocycles. The van der Waals surface area contributed by atoms with Crippen LogP contribution in [-0.4, -0.2) is 31.6 Å². The molecule has 7 nitrogen and oxygen atoms in total. The van der Waals surface area contributed by atoms with Gasteiger partial charge in [0.1, 0.15) is 5.57 Å². The van der Waals surface area contributed by atoms with Crippen molar-refractivity contribution in [1.29, 1.82) is 0 Å². The van der Waals surface area contributed by atoms with Crippen LogP contribution in [0.2, 0.25) is 5.02 Å². The minimum Gasteiger partial charge on any atom is -0.493 e. The van der Waals surface area contributed by atoms with E-state index in [1.54, 1.807) is 36.4 Å². The van der Waals surface area contributed by atoms with E-state index in [2.05, 4.69) is 5.32 Å². The van der Waals surface area contributed by atoms with Gasteiger partial charge >= 0.3 is 6.03 Å². The first kappa shape index (κ1) is 20.4. The molecule has 2 aromatic rings. The maximum absolute atomic E-state index is 12.9. The standard InChI is InChI=1S/C21H19ClN2O5/c1-4-29-18-16(22)10-13(11-17(18)28-3)9-15-19(25)23-21(27)24(20(15)26)14-7-5-12(2)6-8-14/h5-11H,4H2,1-3H3,(H,23,25,27)/b15-9-. The van der Waals surface area contributed by atoms with E-state index in [1.165, 1.54) is 13.2 Å². The van der Waals surface area contributed by atoms with Crippen LogP contribution in [0, 0.1) is 6.92 Å². The zero-order chi connectivity index (χ0) is 21.1. The number of urea groups is 1. The molecule has 1 aliphatic rings. The van der Waals surface area contributed by atoms with Crippen LogP contribution in [0.15, 0.2) is 42.0 Å². The molecule has 1 aliphatic heterocycles. The van der Waals surface area contributed by atoms with Crippen molar-refractivity contribution in [2.24, 2.45) is 0 Å². The molecule has 0 unspecified atom stereocenters. The number of rotatable bonds is 5. The van der Waals surface area contributed by atoms with Crippen molar-refractivity contribution in [2.75, 3.05) is 18.6 Å². The minimum atomic E-state index is -0.802. The van der Waals surface area contributed by atoms with Crippen LogP contribution >= 0.6 is 11.6 Å². The Morgan fingerprint density at radius 2 is 1.83 bits per heavy atom. The molecular weight excluding hydrogens is 396 g/mol. The van der Waals surface area contributed by atoms with Crippen molar-refractivity contribution in [3.05, 3.63) is 58.1 Å². The third kappa shape index (κ3) is 4.09. The Labute approximate surface area is 172 Å². The van der Waals surface area contributed by atoms with E-state index in [1.807, 2.05) is 13.8 Å². The second kappa shape index (κ2) is 8.36. The zero-order valence-corrected chi connectivity index (χ0v) is 16.9.